The molecule has 1 aliphatic rings. The van der Waals surface area contributed by atoms with Crippen LogP contribution in [0.2, 0.25) is 0 Å². The Hall–Kier alpha value is -5.20. The van der Waals surface area contributed by atoms with Gasteiger partial charge in [0.15, 0.2) is 0 Å². The van der Waals surface area contributed by atoms with Gasteiger partial charge in [-0.15, -0.1) is 0 Å². The van der Waals surface area contributed by atoms with Crippen LogP contribution in [0.1, 0.15) is 49.1 Å². The van der Waals surface area contributed by atoms with Crippen LogP contribution in [0.25, 0.3) is 17.2 Å². The Balaban J connectivity index is 1.38. The molecule has 12 heteroatoms. The van der Waals surface area contributed by atoms with Crippen LogP contribution in [0.5, 0.6) is 11.5 Å². The number of carbonyl (C=O) groups is 2. The Kier molecular flexibility index (Phi) is 11.9. The van der Waals surface area contributed by atoms with Gasteiger partial charge in [-0.2, -0.15) is 13.2 Å². The number of hydrogen-bond donors (Lipinski definition) is 2. The number of carbonyl (C=O) groups excluding carboxylic acids is 2. The third-order valence-corrected chi connectivity index (χ3v) is 8.11. The highest BCUT2D eigenvalue weighted by molar-refractivity contribution is 6.09. The van der Waals surface area contributed by atoms with Crippen LogP contribution < -0.4 is 19.7 Å². The fraction of sp³-hybridized carbons (Fsp3) is 0.289. The molecule has 2 amide bonds. The second kappa shape index (κ2) is 16.5. The van der Waals surface area contributed by atoms with Crippen molar-refractivity contribution in [3.05, 3.63) is 107 Å². The largest absolute Gasteiger partial charge is 0.496 e. The maximum Gasteiger partial charge on any atom is 0.471 e. The normalized spacial score (nSPS) is 13.5. The highest BCUT2D eigenvalue weighted by Gasteiger charge is 2.44. The minimum atomic E-state index is -5.11. The van der Waals surface area contributed by atoms with Crippen LogP contribution in [0.4, 0.5) is 24.5 Å². The molecule has 50 heavy (non-hydrogen) atoms. The summed E-state index contributed by atoms with van der Waals surface area (Å²) >= 11 is 0. The van der Waals surface area contributed by atoms with Crippen molar-refractivity contribution >= 4 is 29.3 Å². The lowest BCUT2D eigenvalue weighted by Gasteiger charge is -2.24. The number of halogens is 3. The average Bonchev–Trinajstić information content (AvgIpc) is 3.32. The maximum atomic E-state index is 13.7. The number of methoxy groups -OCH3 is 1. The first-order valence-corrected chi connectivity index (χ1v) is 16.2. The van der Waals surface area contributed by atoms with Crippen molar-refractivity contribution in [1.82, 2.24) is 4.98 Å². The fourth-order valence-electron chi connectivity index (χ4n) is 5.48. The fourth-order valence-corrected chi connectivity index (χ4v) is 5.48. The average molecular weight is 690 g/mol. The number of alkyl halides is 3. The topological polar surface area (TPSA) is 110 Å². The van der Waals surface area contributed by atoms with Gasteiger partial charge in [-0.05, 0) is 78.1 Å². The number of aliphatic hydroxyl groups is 1. The molecular formula is C38H38F3N3O6. The molecule has 2 N–H and O–H groups in total. The van der Waals surface area contributed by atoms with Gasteiger partial charge < -0.3 is 29.5 Å². The van der Waals surface area contributed by atoms with E-state index in [1.54, 1.807) is 60.8 Å². The quantitative estimate of drug-likeness (QED) is 0.141. The standard InChI is InChI=1S/C38H38F3N3O6/c1-3-4-19-49-20-21-50-30-12-8-25(9-13-30)26-10-15-33-28(22-26)23-27(16-18-44(33)37(47)38(39,40)41)36(46)43-29-11-14-31(34(24-29)48-2)35(45)32-7-5-6-17-42-32/h5-15,17,22-24,35,45H,3-4,16,18-21H2,1-2H3,(H,43,46). The van der Waals surface area contributed by atoms with E-state index in [0.717, 1.165) is 18.4 Å². The summed E-state index contributed by atoms with van der Waals surface area (Å²) in [6.45, 7) is 3.27. The monoisotopic (exact) mass is 689 g/mol. The minimum absolute atomic E-state index is 0.0384. The van der Waals surface area contributed by atoms with Gasteiger partial charge in [-0.3, -0.25) is 14.6 Å². The number of anilines is 2. The molecule has 2 heterocycles. The van der Waals surface area contributed by atoms with Gasteiger partial charge >= 0.3 is 12.1 Å². The number of hydrogen-bond acceptors (Lipinski definition) is 7. The van der Waals surface area contributed by atoms with E-state index < -0.39 is 24.1 Å². The highest BCUT2D eigenvalue weighted by atomic mass is 19.4. The Morgan fingerprint density at radius 2 is 1.76 bits per heavy atom. The number of aromatic nitrogens is 1. The predicted octanol–water partition coefficient (Wildman–Crippen LogP) is 7.36. The van der Waals surface area contributed by atoms with E-state index in [1.165, 1.54) is 25.3 Å². The molecule has 1 aliphatic heterocycles. The number of nitrogens with zero attached hydrogens (tertiary/aromatic N) is 2. The van der Waals surface area contributed by atoms with Crippen LogP contribution in [0, 0.1) is 0 Å². The Morgan fingerprint density at radius 3 is 2.46 bits per heavy atom. The van der Waals surface area contributed by atoms with Crippen LogP contribution in [0.3, 0.4) is 0 Å². The third-order valence-electron chi connectivity index (χ3n) is 8.11. The summed E-state index contributed by atoms with van der Waals surface area (Å²) in [5, 5.41) is 13.6. The summed E-state index contributed by atoms with van der Waals surface area (Å²) in [7, 11) is 1.43. The van der Waals surface area contributed by atoms with E-state index in [0.29, 0.717) is 58.7 Å². The smallest absolute Gasteiger partial charge is 0.471 e. The Morgan fingerprint density at radius 1 is 0.980 bits per heavy atom. The molecule has 9 nitrogen and oxygen atoms in total. The van der Waals surface area contributed by atoms with Crippen LogP contribution >= 0.6 is 0 Å². The van der Waals surface area contributed by atoms with Gasteiger partial charge in [0, 0.05) is 42.2 Å². The van der Waals surface area contributed by atoms with Crippen molar-refractivity contribution in [3.63, 3.8) is 0 Å². The molecule has 0 spiro atoms. The summed E-state index contributed by atoms with van der Waals surface area (Å²) in [4.78, 5) is 30.9. The van der Waals surface area contributed by atoms with Crippen LogP contribution in [-0.2, 0) is 14.3 Å². The van der Waals surface area contributed by atoms with E-state index in [-0.39, 0.29) is 29.8 Å². The van der Waals surface area contributed by atoms with Crippen molar-refractivity contribution in [2.24, 2.45) is 0 Å². The minimum Gasteiger partial charge on any atom is -0.496 e. The number of ether oxygens (including phenoxy) is 3. The van der Waals surface area contributed by atoms with E-state index in [9.17, 15) is 27.9 Å². The molecule has 0 aliphatic carbocycles. The van der Waals surface area contributed by atoms with Crippen molar-refractivity contribution in [2.45, 2.75) is 38.5 Å². The number of rotatable bonds is 13. The molecule has 0 saturated carbocycles. The number of amides is 2. The second-order valence-electron chi connectivity index (χ2n) is 11.6. The first-order valence-electron chi connectivity index (χ1n) is 16.2. The zero-order valence-electron chi connectivity index (χ0n) is 27.7. The molecule has 3 aromatic carbocycles. The second-order valence-corrected chi connectivity index (χ2v) is 11.6. The summed E-state index contributed by atoms with van der Waals surface area (Å²) in [5.41, 5.74) is 3.09. The number of benzene rings is 3. The molecule has 5 rings (SSSR count). The maximum absolute atomic E-state index is 13.7. The molecule has 4 aromatic rings. The number of unbranched alkanes of at least 4 members (excludes halogenated alkanes) is 1. The van der Waals surface area contributed by atoms with E-state index >= 15 is 0 Å². The number of nitrogens with one attached hydrogen (secondary N) is 1. The Labute approximate surface area is 288 Å². The van der Waals surface area contributed by atoms with Crippen molar-refractivity contribution < 1.29 is 42.1 Å². The molecular weight excluding hydrogens is 651 g/mol. The van der Waals surface area contributed by atoms with Crippen molar-refractivity contribution in [3.8, 4) is 22.6 Å². The number of pyridine rings is 1. The summed E-state index contributed by atoms with van der Waals surface area (Å²) in [5.74, 6) is -1.65. The molecule has 1 unspecified atom stereocenters. The van der Waals surface area contributed by atoms with Crippen molar-refractivity contribution in [2.75, 3.05) is 43.7 Å². The lowest BCUT2D eigenvalue weighted by Crippen LogP contribution is -2.42. The van der Waals surface area contributed by atoms with Gasteiger partial charge in [0.1, 0.15) is 24.2 Å². The molecule has 262 valence electrons. The van der Waals surface area contributed by atoms with Gasteiger partial charge in [-0.25, -0.2) is 0 Å². The first kappa shape index (κ1) is 36.1. The van der Waals surface area contributed by atoms with Gasteiger partial charge in [0.2, 0.25) is 0 Å². The van der Waals surface area contributed by atoms with Gasteiger partial charge in [0.25, 0.3) is 5.91 Å². The summed E-state index contributed by atoms with van der Waals surface area (Å²) in [6, 6.07) is 21.8. The number of fused-ring (bicyclic) bond motifs is 1. The van der Waals surface area contributed by atoms with Crippen LogP contribution in [-0.4, -0.2) is 61.6 Å². The summed E-state index contributed by atoms with van der Waals surface area (Å²) < 4.78 is 57.8. The molecule has 0 bridgehead atoms. The van der Waals surface area contributed by atoms with Gasteiger partial charge in [0.05, 0.1) is 25.1 Å². The predicted molar refractivity (Wildman–Crippen MR) is 184 cm³/mol. The zero-order chi connectivity index (χ0) is 35.7. The van der Waals surface area contributed by atoms with Crippen LogP contribution in [0.15, 0.2) is 90.6 Å². The molecule has 1 aromatic heterocycles. The van der Waals surface area contributed by atoms with E-state index in [2.05, 4.69) is 17.2 Å². The third kappa shape index (κ3) is 8.87. The molecule has 0 saturated heterocycles. The zero-order valence-corrected chi connectivity index (χ0v) is 27.7. The first-order chi connectivity index (χ1) is 24.1. The van der Waals surface area contributed by atoms with E-state index in [1.807, 2.05) is 12.1 Å². The van der Waals surface area contributed by atoms with Gasteiger partial charge in [-0.1, -0.05) is 43.7 Å². The molecule has 0 radical (unpaired) electrons. The lowest BCUT2D eigenvalue weighted by atomic mass is 10.00. The molecule has 1 atom stereocenters. The van der Waals surface area contributed by atoms with E-state index in [4.69, 9.17) is 14.2 Å². The lowest BCUT2D eigenvalue weighted by molar-refractivity contribution is -0.170. The SMILES string of the molecule is CCCCOCCOc1ccc(-c2ccc3c(c2)C=C(C(=O)Nc2ccc(C(O)c4ccccn4)c(OC)c2)CCN3C(=O)C(F)(F)F)cc1. The Bertz CT molecular complexity index is 1810. The molecule has 0 fully saturated rings. The highest BCUT2D eigenvalue weighted by Crippen LogP contribution is 2.36. The number of aliphatic hydroxyl groups excluding tert-OH is 1. The summed E-state index contributed by atoms with van der Waals surface area (Å²) in [6.07, 6.45) is -1.23. The van der Waals surface area contributed by atoms with Crippen molar-refractivity contribution in [1.29, 1.82) is 0 Å².